The lowest BCUT2D eigenvalue weighted by Gasteiger charge is -2.20. The zero-order valence-corrected chi connectivity index (χ0v) is 17.7. The third-order valence-electron chi connectivity index (χ3n) is 5.38. The number of allylic oxidation sites excluding steroid dienone is 1. The zero-order valence-electron chi connectivity index (χ0n) is 17.7. The van der Waals surface area contributed by atoms with Crippen molar-refractivity contribution in [3.05, 3.63) is 65.6 Å². The first kappa shape index (κ1) is 20.5. The van der Waals surface area contributed by atoms with Gasteiger partial charge in [-0.15, -0.1) is 0 Å². The average molecular weight is 419 g/mol. The highest BCUT2D eigenvalue weighted by atomic mass is 19.1. The van der Waals surface area contributed by atoms with E-state index in [1.807, 2.05) is 38.1 Å². The average Bonchev–Trinajstić information content (AvgIpc) is 3.00. The first-order valence-electron chi connectivity index (χ1n) is 9.89. The minimum absolute atomic E-state index is 0.0783. The monoisotopic (exact) mass is 419 g/mol. The standard InChI is InChI=1S/C24H22FN3O3/c1-13(2)20(21-22(29)27-24(30)28(21)3)16-10-11-19(26-23(16)31-4)15-9-8-14-6-5-7-18(25)17(14)12-15/h5-13H,1-4H3,(H,27,29,30). The lowest BCUT2D eigenvalue weighted by atomic mass is 9.92. The molecular formula is C24H22FN3O3. The fourth-order valence-electron chi connectivity index (χ4n) is 3.86. The first-order valence-corrected chi connectivity index (χ1v) is 9.89. The molecule has 3 aromatic rings. The molecule has 158 valence electrons. The van der Waals surface area contributed by atoms with E-state index in [0.29, 0.717) is 28.1 Å². The zero-order chi connectivity index (χ0) is 22.3. The predicted octanol–water partition coefficient (Wildman–Crippen LogP) is 4.60. The number of halogens is 1. The smallest absolute Gasteiger partial charge is 0.328 e. The summed E-state index contributed by atoms with van der Waals surface area (Å²) in [5.74, 6) is -0.504. The summed E-state index contributed by atoms with van der Waals surface area (Å²) in [6.07, 6.45) is 0. The van der Waals surface area contributed by atoms with Crippen LogP contribution in [0.25, 0.3) is 27.6 Å². The topological polar surface area (TPSA) is 71.5 Å². The molecule has 0 atom stereocenters. The Balaban J connectivity index is 1.86. The van der Waals surface area contributed by atoms with Gasteiger partial charge in [0.15, 0.2) is 0 Å². The summed E-state index contributed by atoms with van der Waals surface area (Å²) in [7, 11) is 3.05. The molecule has 1 aliphatic rings. The van der Waals surface area contributed by atoms with Crippen molar-refractivity contribution in [1.29, 1.82) is 0 Å². The van der Waals surface area contributed by atoms with Crippen LogP contribution in [0, 0.1) is 11.7 Å². The van der Waals surface area contributed by atoms with Gasteiger partial charge in [0.25, 0.3) is 5.91 Å². The van der Waals surface area contributed by atoms with Crippen molar-refractivity contribution >= 4 is 28.3 Å². The Morgan fingerprint density at radius 3 is 2.55 bits per heavy atom. The molecular weight excluding hydrogens is 397 g/mol. The van der Waals surface area contributed by atoms with Crippen LogP contribution in [-0.4, -0.2) is 36.0 Å². The van der Waals surface area contributed by atoms with Gasteiger partial charge in [-0.25, -0.2) is 14.2 Å². The van der Waals surface area contributed by atoms with Crippen LogP contribution < -0.4 is 10.1 Å². The quantitative estimate of drug-likeness (QED) is 0.496. The number of nitrogens with one attached hydrogen (secondary N) is 1. The van der Waals surface area contributed by atoms with E-state index in [2.05, 4.69) is 10.3 Å². The number of hydrogen-bond acceptors (Lipinski definition) is 4. The number of pyridine rings is 1. The van der Waals surface area contributed by atoms with E-state index >= 15 is 0 Å². The van der Waals surface area contributed by atoms with E-state index in [9.17, 15) is 14.0 Å². The summed E-state index contributed by atoms with van der Waals surface area (Å²) >= 11 is 0. The molecule has 1 saturated heterocycles. The van der Waals surface area contributed by atoms with Gasteiger partial charge in [0, 0.05) is 23.6 Å². The maximum absolute atomic E-state index is 14.2. The SMILES string of the molecule is COc1nc(-c2ccc3cccc(F)c3c2)ccc1C(=C1C(=O)NC(=O)N1C)C(C)C. The van der Waals surface area contributed by atoms with Crippen molar-refractivity contribution < 1.29 is 18.7 Å². The number of fused-ring (bicyclic) bond motifs is 1. The van der Waals surface area contributed by atoms with Crippen LogP contribution in [0.5, 0.6) is 5.88 Å². The second-order valence-electron chi connectivity index (χ2n) is 7.66. The number of aromatic nitrogens is 1. The second-order valence-corrected chi connectivity index (χ2v) is 7.66. The van der Waals surface area contributed by atoms with Crippen molar-refractivity contribution in [2.24, 2.45) is 5.92 Å². The summed E-state index contributed by atoms with van der Waals surface area (Å²) in [5, 5.41) is 3.63. The molecule has 0 unspecified atom stereocenters. The van der Waals surface area contributed by atoms with Gasteiger partial charge in [0.05, 0.1) is 12.8 Å². The molecule has 0 aliphatic carbocycles. The van der Waals surface area contributed by atoms with E-state index in [4.69, 9.17) is 4.74 Å². The number of ether oxygens (including phenoxy) is 1. The van der Waals surface area contributed by atoms with Crippen LogP contribution in [0.4, 0.5) is 9.18 Å². The first-order chi connectivity index (χ1) is 14.8. The number of urea groups is 1. The van der Waals surface area contributed by atoms with E-state index < -0.39 is 11.9 Å². The van der Waals surface area contributed by atoms with Crippen LogP contribution in [0.3, 0.4) is 0 Å². The Morgan fingerprint density at radius 1 is 1.13 bits per heavy atom. The Labute approximate surface area is 179 Å². The van der Waals surface area contributed by atoms with Crippen LogP contribution in [0.15, 0.2) is 54.2 Å². The number of likely N-dealkylation sites (N-methyl/N-ethyl adjacent to an activating group) is 1. The third kappa shape index (κ3) is 3.52. The van der Waals surface area contributed by atoms with Crippen molar-refractivity contribution in [3.8, 4) is 17.1 Å². The van der Waals surface area contributed by atoms with E-state index in [-0.39, 0.29) is 17.4 Å². The third-order valence-corrected chi connectivity index (χ3v) is 5.38. The van der Waals surface area contributed by atoms with Crippen molar-refractivity contribution in [2.75, 3.05) is 14.2 Å². The Morgan fingerprint density at radius 2 is 1.90 bits per heavy atom. The van der Waals surface area contributed by atoms with E-state index in [1.54, 1.807) is 25.2 Å². The largest absolute Gasteiger partial charge is 0.481 e. The summed E-state index contributed by atoms with van der Waals surface area (Å²) in [6.45, 7) is 3.87. The van der Waals surface area contributed by atoms with E-state index in [1.165, 1.54) is 18.1 Å². The Hall–Kier alpha value is -3.74. The number of imide groups is 1. The molecule has 4 rings (SSSR count). The minimum atomic E-state index is -0.472. The summed E-state index contributed by atoms with van der Waals surface area (Å²) < 4.78 is 19.8. The molecule has 6 nitrogen and oxygen atoms in total. The maximum atomic E-state index is 14.2. The van der Waals surface area contributed by atoms with Crippen molar-refractivity contribution in [2.45, 2.75) is 13.8 Å². The van der Waals surface area contributed by atoms with Gasteiger partial charge in [-0.3, -0.25) is 15.0 Å². The molecule has 2 aromatic carbocycles. The van der Waals surface area contributed by atoms with Gasteiger partial charge in [-0.1, -0.05) is 38.1 Å². The molecule has 0 radical (unpaired) electrons. The maximum Gasteiger partial charge on any atom is 0.328 e. The van der Waals surface area contributed by atoms with Gasteiger partial charge in [0.2, 0.25) is 5.88 Å². The van der Waals surface area contributed by atoms with Crippen LogP contribution in [0.2, 0.25) is 0 Å². The number of amides is 3. The highest BCUT2D eigenvalue weighted by Gasteiger charge is 2.35. The van der Waals surface area contributed by atoms with Crippen LogP contribution in [-0.2, 0) is 4.79 Å². The number of methoxy groups -OCH3 is 1. The van der Waals surface area contributed by atoms with Gasteiger partial charge in [0.1, 0.15) is 11.5 Å². The van der Waals surface area contributed by atoms with Crippen LogP contribution >= 0.6 is 0 Å². The normalized spacial score (nSPS) is 15.6. The number of nitrogens with zero attached hydrogens (tertiary/aromatic N) is 2. The molecule has 0 saturated carbocycles. The van der Waals surface area contributed by atoms with E-state index in [0.717, 1.165) is 10.9 Å². The van der Waals surface area contributed by atoms with Gasteiger partial charge in [-0.2, -0.15) is 0 Å². The minimum Gasteiger partial charge on any atom is -0.481 e. The lowest BCUT2D eigenvalue weighted by Crippen LogP contribution is -2.24. The van der Waals surface area contributed by atoms with Crippen molar-refractivity contribution in [3.63, 3.8) is 0 Å². The second kappa shape index (κ2) is 7.83. The fraction of sp³-hybridized carbons (Fsp3) is 0.208. The molecule has 2 heterocycles. The highest BCUT2D eigenvalue weighted by Crippen LogP contribution is 2.36. The summed E-state index contributed by atoms with van der Waals surface area (Å²) in [4.78, 5) is 30.3. The number of benzene rings is 2. The molecule has 0 spiro atoms. The summed E-state index contributed by atoms with van der Waals surface area (Å²) in [5.41, 5.74) is 2.91. The fourth-order valence-corrected chi connectivity index (χ4v) is 3.86. The number of carbonyl (C=O) groups is 2. The number of hydrogen-bond donors (Lipinski definition) is 1. The van der Waals surface area contributed by atoms with Gasteiger partial charge < -0.3 is 4.74 Å². The Bertz CT molecular complexity index is 1250. The molecule has 1 aliphatic heterocycles. The lowest BCUT2D eigenvalue weighted by molar-refractivity contribution is -0.116. The molecule has 0 bridgehead atoms. The molecule has 7 heteroatoms. The van der Waals surface area contributed by atoms with Crippen molar-refractivity contribution in [1.82, 2.24) is 15.2 Å². The number of carbonyl (C=O) groups excluding carboxylic acids is 2. The molecule has 1 fully saturated rings. The van der Waals surface area contributed by atoms with Gasteiger partial charge >= 0.3 is 6.03 Å². The molecule has 3 amide bonds. The molecule has 1 aromatic heterocycles. The predicted molar refractivity (Wildman–Crippen MR) is 117 cm³/mol. The Kier molecular flexibility index (Phi) is 5.19. The van der Waals surface area contributed by atoms with Gasteiger partial charge in [-0.05, 0) is 41.1 Å². The summed E-state index contributed by atoms with van der Waals surface area (Å²) in [6, 6.07) is 13.6. The molecule has 31 heavy (non-hydrogen) atoms. The molecule has 1 N–H and O–H groups in total. The highest BCUT2D eigenvalue weighted by molar-refractivity contribution is 6.15. The van der Waals surface area contributed by atoms with Crippen LogP contribution in [0.1, 0.15) is 19.4 Å². The number of rotatable bonds is 4.